The van der Waals surface area contributed by atoms with Crippen molar-refractivity contribution in [2.24, 2.45) is 5.41 Å². The van der Waals surface area contributed by atoms with Crippen LogP contribution < -0.4 is 15.4 Å². The zero-order valence-electron chi connectivity index (χ0n) is 20.2. The molecule has 190 valence electrons. The Labute approximate surface area is 202 Å². The predicted octanol–water partition coefficient (Wildman–Crippen LogP) is 5.05. The summed E-state index contributed by atoms with van der Waals surface area (Å²) >= 11 is 0. The number of nitrogen functional groups attached to an aromatic ring is 1. The lowest BCUT2D eigenvalue weighted by atomic mass is 9.86. The van der Waals surface area contributed by atoms with Crippen molar-refractivity contribution in [3.63, 3.8) is 0 Å². The molecule has 0 unspecified atom stereocenters. The maximum absolute atomic E-state index is 13.5. The third-order valence-electron chi connectivity index (χ3n) is 6.40. The van der Waals surface area contributed by atoms with Crippen molar-refractivity contribution in [3.05, 3.63) is 23.9 Å². The number of H-pyrrole nitrogens is 1. The lowest BCUT2D eigenvalue weighted by Crippen LogP contribution is -2.37. The van der Waals surface area contributed by atoms with Gasteiger partial charge in [-0.05, 0) is 38.8 Å². The molecular formula is C24H31F3N6O2. The van der Waals surface area contributed by atoms with E-state index >= 15 is 0 Å². The largest absolute Gasteiger partial charge is 0.478 e. The van der Waals surface area contributed by atoms with Crippen molar-refractivity contribution in [2.45, 2.75) is 45.7 Å². The fourth-order valence-electron chi connectivity index (χ4n) is 4.84. The van der Waals surface area contributed by atoms with E-state index in [2.05, 4.69) is 24.8 Å². The zero-order chi connectivity index (χ0) is 25.2. The topological polar surface area (TPSA) is 102 Å². The summed E-state index contributed by atoms with van der Waals surface area (Å²) in [6, 6.07) is 4.19. The number of fused-ring (bicyclic) bond motifs is 1. The van der Waals surface area contributed by atoms with Crippen molar-refractivity contribution < 1.29 is 22.6 Å². The minimum absolute atomic E-state index is 0.00827. The Bertz CT molecular complexity index is 1170. The quantitative estimate of drug-likeness (QED) is 0.431. The van der Waals surface area contributed by atoms with Gasteiger partial charge in [0.05, 0.1) is 24.6 Å². The number of rotatable bonds is 9. The fourth-order valence-corrected chi connectivity index (χ4v) is 4.84. The molecule has 35 heavy (non-hydrogen) atoms. The number of hydrogen-bond donors (Lipinski definition) is 2. The molecule has 0 spiro atoms. The molecule has 1 fully saturated rings. The number of hydrogen-bond acceptors (Lipinski definition) is 7. The second-order valence-electron chi connectivity index (χ2n) is 9.06. The van der Waals surface area contributed by atoms with E-state index < -0.39 is 11.9 Å². The van der Waals surface area contributed by atoms with Crippen LogP contribution in [0.2, 0.25) is 0 Å². The van der Waals surface area contributed by atoms with Gasteiger partial charge >= 0.3 is 6.18 Å². The molecule has 8 nitrogen and oxygen atoms in total. The minimum atomic E-state index is -4.63. The highest BCUT2D eigenvalue weighted by molar-refractivity contribution is 5.90. The van der Waals surface area contributed by atoms with E-state index in [1.807, 2.05) is 14.0 Å². The van der Waals surface area contributed by atoms with Crippen LogP contribution in [0, 0.1) is 5.41 Å². The molecule has 0 radical (unpaired) electrons. The van der Waals surface area contributed by atoms with Crippen LogP contribution >= 0.6 is 0 Å². The normalized spacial score (nSPS) is 15.6. The van der Waals surface area contributed by atoms with Gasteiger partial charge < -0.3 is 25.1 Å². The van der Waals surface area contributed by atoms with E-state index in [4.69, 9.17) is 15.2 Å². The third kappa shape index (κ3) is 5.44. The van der Waals surface area contributed by atoms with Gasteiger partial charge in [0.2, 0.25) is 5.88 Å². The van der Waals surface area contributed by atoms with Crippen LogP contribution in [-0.4, -0.2) is 53.3 Å². The molecule has 1 aliphatic rings. The lowest BCUT2D eigenvalue weighted by molar-refractivity contribution is -0.141. The van der Waals surface area contributed by atoms with Crippen LogP contribution in [0.3, 0.4) is 0 Å². The maximum Gasteiger partial charge on any atom is 0.433 e. The molecule has 0 saturated heterocycles. The molecule has 0 amide bonds. The van der Waals surface area contributed by atoms with Gasteiger partial charge in [-0.2, -0.15) is 18.2 Å². The number of pyridine rings is 2. The van der Waals surface area contributed by atoms with E-state index in [0.717, 1.165) is 44.0 Å². The number of nitrogens with zero attached hydrogens (tertiary/aromatic N) is 4. The summed E-state index contributed by atoms with van der Waals surface area (Å²) in [4.78, 5) is 17.5. The molecule has 0 aromatic carbocycles. The van der Waals surface area contributed by atoms with Gasteiger partial charge in [0.1, 0.15) is 11.2 Å². The Morgan fingerprint density at radius 2 is 1.83 bits per heavy atom. The molecule has 3 aromatic heterocycles. The molecule has 11 heteroatoms. The van der Waals surface area contributed by atoms with Crippen LogP contribution in [0.25, 0.3) is 22.4 Å². The standard InChI is InChI=1S/C24H31F3N6O2/c1-4-34-14-23(8-6-7-9-23)13-33(3)17-12-16(29-21-20(17)31-22(28)32-21)15-10-18(24(25,26)27)30-19(11-15)35-5-2/h10-12H,4-9,13-14H2,1-3H3,(H3,28,29,31,32). The van der Waals surface area contributed by atoms with Gasteiger partial charge in [-0.15, -0.1) is 0 Å². The Morgan fingerprint density at radius 3 is 2.49 bits per heavy atom. The Kier molecular flexibility index (Phi) is 7.07. The second-order valence-corrected chi connectivity index (χ2v) is 9.06. The third-order valence-corrected chi connectivity index (χ3v) is 6.40. The van der Waals surface area contributed by atoms with Crippen molar-refractivity contribution in [3.8, 4) is 17.1 Å². The Balaban J connectivity index is 1.79. The summed E-state index contributed by atoms with van der Waals surface area (Å²) in [7, 11) is 1.96. The summed E-state index contributed by atoms with van der Waals surface area (Å²) in [5.74, 6) is 0.0715. The predicted molar refractivity (Wildman–Crippen MR) is 128 cm³/mol. The Hall–Kier alpha value is -3.08. The number of aromatic nitrogens is 4. The van der Waals surface area contributed by atoms with Crippen LogP contribution in [-0.2, 0) is 10.9 Å². The highest BCUT2D eigenvalue weighted by atomic mass is 19.4. The van der Waals surface area contributed by atoms with E-state index in [1.54, 1.807) is 13.0 Å². The molecule has 4 rings (SSSR count). The number of nitrogens with one attached hydrogen (secondary N) is 1. The first-order chi connectivity index (χ1) is 16.6. The molecule has 1 saturated carbocycles. The number of ether oxygens (including phenoxy) is 2. The summed E-state index contributed by atoms with van der Waals surface area (Å²) in [5.41, 5.74) is 7.16. The molecule has 0 atom stereocenters. The first kappa shape index (κ1) is 25.0. The first-order valence-electron chi connectivity index (χ1n) is 11.8. The number of halogens is 3. The molecule has 0 bridgehead atoms. The minimum Gasteiger partial charge on any atom is -0.478 e. The van der Waals surface area contributed by atoms with Crippen LogP contribution in [0.15, 0.2) is 18.2 Å². The van der Waals surface area contributed by atoms with Gasteiger partial charge in [0.25, 0.3) is 0 Å². The number of aromatic amines is 1. The summed E-state index contributed by atoms with van der Waals surface area (Å²) in [5, 5.41) is 0. The van der Waals surface area contributed by atoms with Crippen molar-refractivity contribution >= 4 is 22.8 Å². The highest BCUT2D eigenvalue weighted by Crippen LogP contribution is 2.41. The number of imidazole rings is 1. The number of anilines is 2. The average Bonchev–Trinajstić information content (AvgIpc) is 3.42. The fraction of sp³-hybridized carbons (Fsp3) is 0.542. The summed E-state index contributed by atoms with van der Waals surface area (Å²) in [6.07, 6.45) is -0.226. The van der Waals surface area contributed by atoms with Crippen molar-refractivity contribution in [1.29, 1.82) is 0 Å². The van der Waals surface area contributed by atoms with E-state index in [9.17, 15) is 13.2 Å². The van der Waals surface area contributed by atoms with Crippen molar-refractivity contribution in [1.82, 2.24) is 19.9 Å². The van der Waals surface area contributed by atoms with Gasteiger partial charge in [-0.3, -0.25) is 0 Å². The van der Waals surface area contributed by atoms with Gasteiger partial charge in [-0.25, -0.2) is 9.97 Å². The molecule has 3 heterocycles. The monoisotopic (exact) mass is 492 g/mol. The molecule has 1 aliphatic carbocycles. The summed E-state index contributed by atoms with van der Waals surface area (Å²) < 4.78 is 51.8. The molecule has 0 aliphatic heterocycles. The van der Waals surface area contributed by atoms with Crippen molar-refractivity contribution in [2.75, 3.05) is 44.0 Å². The molecule has 3 N–H and O–H groups in total. The maximum atomic E-state index is 13.5. The van der Waals surface area contributed by atoms with E-state index in [0.29, 0.717) is 30.1 Å². The number of nitrogens with two attached hydrogens (primary N) is 1. The second kappa shape index (κ2) is 9.88. The zero-order valence-corrected chi connectivity index (χ0v) is 20.2. The van der Waals surface area contributed by atoms with Gasteiger partial charge in [0.15, 0.2) is 11.6 Å². The van der Waals surface area contributed by atoms with Gasteiger partial charge in [0, 0.05) is 37.2 Å². The first-order valence-corrected chi connectivity index (χ1v) is 11.8. The summed E-state index contributed by atoms with van der Waals surface area (Å²) in [6.45, 7) is 5.89. The van der Waals surface area contributed by atoms with Crippen LogP contribution in [0.5, 0.6) is 5.88 Å². The van der Waals surface area contributed by atoms with E-state index in [-0.39, 0.29) is 29.4 Å². The van der Waals surface area contributed by atoms with E-state index in [1.165, 1.54) is 6.07 Å². The van der Waals surface area contributed by atoms with Crippen LogP contribution in [0.4, 0.5) is 24.8 Å². The Morgan fingerprint density at radius 1 is 1.09 bits per heavy atom. The molecule has 3 aromatic rings. The highest BCUT2D eigenvalue weighted by Gasteiger charge is 2.36. The number of alkyl halides is 3. The SMILES string of the molecule is CCOCC1(CN(C)c2cc(-c3cc(OCC)nc(C(F)(F)F)c3)nc3nc(N)[nH]c23)CCCC1. The van der Waals surface area contributed by atoms with Gasteiger partial charge in [-0.1, -0.05) is 12.8 Å². The van der Waals surface area contributed by atoms with Crippen LogP contribution in [0.1, 0.15) is 45.2 Å². The molecular weight excluding hydrogens is 461 g/mol. The average molecular weight is 493 g/mol. The lowest BCUT2D eigenvalue weighted by Gasteiger charge is -2.34. The smallest absolute Gasteiger partial charge is 0.433 e.